The third kappa shape index (κ3) is 4.42. The summed E-state index contributed by atoms with van der Waals surface area (Å²) in [5.41, 5.74) is 3.82. The maximum absolute atomic E-state index is 13.3. The quantitative estimate of drug-likeness (QED) is 0.651. The van der Waals surface area contributed by atoms with Gasteiger partial charge in [-0.2, -0.15) is 5.10 Å². The summed E-state index contributed by atoms with van der Waals surface area (Å²) in [5.74, 6) is -1.02. The molecule has 0 aliphatic heterocycles. The molecule has 3 aromatic rings. The number of carbonyl (C=O) groups excluding carboxylic acids is 1. The van der Waals surface area contributed by atoms with Crippen LogP contribution < -0.4 is 10.5 Å². The molecule has 0 saturated heterocycles. The van der Waals surface area contributed by atoms with Crippen LogP contribution >= 0.6 is 0 Å². The van der Waals surface area contributed by atoms with Gasteiger partial charge in [-0.05, 0) is 67.6 Å². The van der Waals surface area contributed by atoms with Gasteiger partial charge >= 0.3 is 0 Å². The van der Waals surface area contributed by atoms with Crippen LogP contribution in [0.3, 0.4) is 0 Å². The third-order valence-electron chi connectivity index (χ3n) is 5.02. The van der Waals surface area contributed by atoms with Crippen molar-refractivity contribution in [1.82, 2.24) is 9.78 Å². The highest BCUT2D eigenvalue weighted by atomic mass is 32.2. The monoisotopic (exact) mass is 428 g/mol. The molecule has 156 valence electrons. The molecule has 1 aliphatic rings. The fraction of sp³-hybridized carbons (Fsp3) is 0.238. The molecule has 2 aromatic carbocycles. The van der Waals surface area contributed by atoms with Crippen LogP contribution in [0.2, 0.25) is 0 Å². The van der Waals surface area contributed by atoms with Gasteiger partial charge in [0, 0.05) is 16.9 Å². The molecular weight excluding hydrogens is 407 g/mol. The van der Waals surface area contributed by atoms with E-state index in [0.29, 0.717) is 22.6 Å². The van der Waals surface area contributed by atoms with Crippen molar-refractivity contribution in [2.75, 3.05) is 5.32 Å². The van der Waals surface area contributed by atoms with E-state index in [-0.39, 0.29) is 17.5 Å². The van der Waals surface area contributed by atoms with E-state index in [1.54, 1.807) is 41.1 Å². The van der Waals surface area contributed by atoms with Gasteiger partial charge in [-0.15, -0.1) is 0 Å². The topological polar surface area (TPSA) is 107 Å². The molecule has 9 heteroatoms. The molecule has 1 amide bonds. The Morgan fingerprint density at radius 1 is 1.13 bits per heavy atom. The number of fused-ring (bicyclic) bond motifs is 1. The summed E-state index contributed by atoms with van der Waals surface area (Å²) in [6.45, 7) is 0. The number of amides is 1. The number of hydrogen-bond acceptors (Lipinski definition) is 4. The van der Waals surface area contributed by atoms with Gasteiger partial charge in [0.15, 0.2) is 5.69 Å². The smallest absolute Gasteiger partial charge is 0.276 e. The van der Waals surface area contributed by atoms with Crippen LogP contribution in [-0.4, -0.2) is 24.1 Å². The van der Waals surface area contributed by atoms with Gasteiger partial charge in [0.1, 0.15) is 5.82 Å². The molecule has 1 heterocycles. The predicted molar refractivity (Wildman–Crippen MR) is 111 cm³/mol. The van der Waals surface area contributed by atoms with E-state index in [1.165, 1.54) is 12.1 Å². The van der Waals surface area contributed by atoms with Gasteiger partial charge in [-0.1, -0.05) is 12.1 Å². The molecule has 4 rings (SSSR count). The van der Waals surface area contributed by atoms with Crippen molar-refractivity contribution < 1.29 is 17.6 Å². The SMILES string of the molecule is NS(=O)(=O)Cc1cccc(NC(=O)c2nn(-c3ccc(F)cc3)c3c2CCCC3)c1. The Balaban J connectivity index is 1.65. The lowest BCUT2D eigenvalue weighted by molar-refractivity contribution is 0.102. The largest absolute Gasteiger partial charge is 0.321 e. The first-order valence-corrected chi connectivity index (χ1v) is 11.3. The molecule has 0 radical (unpaired) electrons. The Morgan fingerprint density at radius 2 is 1.87 bits per heavy atom. The van der Waals surface area contributed by atoms with E-state index >= 15 is 0 Å². The van der Waals surface area contributed by atoms with E-state index in [1.807, 2.05) is 0 Å². The first kappa shape index (κ1) is 20.2. The molecule has 7 nitrogen and oxygen atoms in total. The van der Waals surface area contributed by atoms with Crippen LogP contribution in [0.25, 0.3) is 5.69 Å². The number of anilines is 1. The number of nitrogens with two attached hydrogens (primary N) is 1. The Labute approximate surface area is 173 Å². The zero-order chi connectivity index (χ0) is 21.3. The van der Waals surface area contributed by atoms with Crippen LogP contribution in [-0.2, 0) is 28.6 Å². The van der Waals surface area contributed by atoms with E-state index < -0.39 is 10.0 Å². The second-order valence-electron chi connectivity index (χ2n) is 7.33. The van der Waals surface area contributed by atoms with Crippen LogP contribution in [0, 0.1) is 5.82 Å². The summed E-state index contributed by atoms with van der Waals surface area (Å²) >= 11 is 0. The Bertz CT molecular complexity index is 1200. The Kier molecular flexibility index (Phi) is 5.40. The van der Waals surface area contributed by atoms with Crippen molar-refractivity contribution in [2.24, 2.45) is 5.14 Å². The van der Waals surface area contributed by atoms with Gasteiger partial charge in [-0.3, -0.25) is 4.79 Å². The lowest BCUT2D eigenvalue weighted by Gasteiger charge is -2.14. The van der Waals surface area contributed by atoms with Crippen LogP contribution in [0.4, 0.5) is 10.1 Å². The number of halogens is 1. The van der Waals surface area contributed by atoms with E-state index in [9.17, 15) is 17.6 Å². The second kappa shape index (κ2) is 8.00. The van der Waals surface area contributed by atoms with Gasteiger partial charge < -0.3 is 5.32 Å². The molecule has 0 atom stereocenters. The lowest BCUT2D eigenvalue weighted by atomic mass is 9.95. The molecule has 0 bridgehead atoms. The molecular formula is C21H21FN4O3S. The molecule has 1 aromatic heterocycles. The fourth-order valence-electron chi connectivity index (χ4n) is 3.74. The van der Waals surface area contributed by atoms with Crippen LogP contribution in [0.15, 0.2) is 48.5 Å². The summed E-state index contributed by atoms with van der Waals surface area (Å²) < 4.78 is 37.7. The number of primary sulfonamides is 1. The van der Waals surface area contributed by atoms with E-state index in [4.69, 9.17) is 5.14 Å². The van der Waals surface area contributed by atoms with Gasteiger partial charge in [-0.25, -0.2) is 22.6 Å². The molecule has 0 unspecified atom stereocenters. The average molecular weight is 428 g/mol. The number of carbonyl (C=O) groups is 1. The normalized spacial score (nSPS) is 13.7. The molecule has 3 N–H and O–H groups in total. The van der Waals surface area contributed by atoms with E-state index in [2.05, 4.69) is 10.4 Å². The number of hydrogen-bond donors (Lipinski definition) is 2. The fourth-order valence-corrected chi connectivity index (χ4v) is 4.38. The highest BCUT2D eigenvalue weighted by Gasteiger charge is 2.25. The standard InChI is InChI=1S/C21H21FN4O3S/c22-15-8-10-17(11-9-15)26-19-7-2-1-6-18(19)20(25-26)21(27)24-16-5-3-4-14(12-16)13-30(23,28)29/h3-5,8-12H,1-2,6-7,13H2,(H,24,27)(H2,23,28,29). The van der Waals surface area contributed by atoms with Crippen molar-refractivity contribution in [3.8, 4) is 5.69 Å². The lowest BCUT2D eigenvalue weighted by Crippen LogP contribution is -2.17. The minimum atomic E-state index is -3.67. The molecule has 0 spiro atoms. The number of benzene rings is 2. The zero-order valence-electron chi connectivity index (χ0n) is 16.1. The van der Waals surface area contributed by atoms with Crippen molar-refractivity contribution in [3.05, 3.63) is 76.9 Å². The summed E-state index contributed by atoms with van der Waals surface area (Å²) in [6, 6.07) is 12.5. The summed E-state index contributed by atoms with van der Waals surface area (Å²) in [6.07, 6.45) is 3.49. The number of sulfonamides is 1. The zero-order valence-corrected chi connectivity index (χ0v) is 17.0. The van der Waals surface area contributed by atoms with Crippen molar-refractivity contribution >= 4 is 21.6 Å². The molecule has 30 heavy (non-hydrogen) atoms. The average Bonchev–Trinajstić information content (AvgIpc) is 3.07. The Morgan fingerprint density at radius 3 is 2.60 bits per heavy atom. The highest BCUT2D eigenvalue weighted by molar-refractivity contribution is 7.88. The number of rotatable bonds is 5. The van der Waals surface area contributed by atoms with Gasteiger partial charge in [0.25, 0.3) is 5.91 Å². The molecule has 0 saturated carbocycles. The van der Waals surface area contributed by atoms with Crippen molar-refractivity contribution in [3.63, 3.8) is 0 Å². The predicted octanol–water partition coefficient (Wildman–Crippen LogP) is 2.93. The highest BCUT2D eigenvalue weighted by Crippen LogP contribution is 2.28. The van der Waals surface area contributed by atoms with E-state index in [0.717, 1.165) is 36.9 Å². The van der Waals surface area contributed by atoms with Crippen molar-refractivity contribution in [1.29, 1.82) is 0 Å². The summed E-state index contributed by atoms with van der Waals surface area (Å²) in [7, 11) is -3.67. The summed E-state index contributed by atoms with van der Waals surface area (Å²) in [4.78, 5) is 13.0. The minimum absolute atomic E-state index is 0.314. The second-order valence-corrected chi connectivity index (χ2v) is 8.95. The third-order valence-corrected chi connectivity index (χ3v) is 5.75. The maximum Gasteiger partial charge on any atom is 0.276 e. The number of nitrogens with zero attached hydrogens (tertiary/aromatic N) is 2. The van der Waals surface area contributed by atoms with Crippen LogP contribution in [0.5, 0.6) is 0 Å². The molecule has 0 fully saturated rings. The number of nitrogens with one attached hydrogen (secondary N) is 1. The first-order valence-electron chi connectivity index (χ1n) is 9.58. The maximum atomic E-state index is 13.3. The van der Waals surface area contributed by atoms with Gasteiger partial charge in [0.2, 0.25) is 10.0 Å². The van der Waals surface area contributed by atoms with Crippen molar-refractivity contribution in [2.45, 2.75) is 31.4 Å². The van der Waals surface area contributed by atoms with Gasteiger partial charge in [0.05, 0.1) is 11.4 Å². The Hall–Kier alpha value is -3.04. The molecule has 1 aliphatic carbocycles. The first-order chi connectivity index (χ1) is 14.3. The van der Waals surface area contributed by atoms with Crippen LogP contribution in [0.1, 0.15) is 40.2 Å². The summed E-state index contributed by atoms with van der Waals surface area (Å²) in [5, 5.41) is 12.4. The minimum Gasteiger partial charge on any atom is -0.321 e. The number of aromatic nitrogens is 2.